The van der Waals surface area contributed by atoms with Gasteiger partial charge < -0.3 is 10.4 Å². The van der Waals surface area contributed by atoms with Crippen LogP contribution in [0, 0.1) is 11.3 Å². The van der Waals surface area contributed by atoms with E-state index < -0.39 is 0 Å². The lowest BCUT2D eigenvalue weighted by atomic mass is 10.1. The molecule has 0 bridgehead atoms. The number of carbonyl (C=O) groups excluding carboxylic acids is 1. The Morgan fingerprint density at radius 1 is 1.47 bits per heavy atom. The average molecular weight is 278 g/mol. The van der Waals surface area contributed by atoms with Gasteiger partial charge in [-0.05, 0) is 37.1 Å². The molecule has 0 radical (unpaired) electrons. The van der Waals surface area contributed by atoms with Crippen LogP contribution in [0.3, 0.4) is 0 Å². The van der Waals surface area contributed by atoms with Gasteiger partial charge in [0.25, 0.3) is 0 Å². The highest BCUT2D eigenvalue weighted by atomic mass is 32.2. The second-order valence-corrected chi connectivity index (χ2v) is 5.16. The van der Waals surface area contributed by atoms with E-state index in [-0.39, 0.29) is 18.6 Å². The Kier molecular flexibility index (Phi) is 7.01. The smallest absolute Gasteiger partial charge is 0.230 e. The van der Waals surface area contributed by atoms with E-state index in [1.807, 2.05) is 19.1 Å². The van der Waals surface area contributed by atoms with E-state index in [1.54, 1.807) is 12.1 Å². The van der Waals surface area contributed by atoms with Gasteiger partial charge in [-0.25, -0.2) is 0 Å². The van der Waals surface area contributed by atoms with Crippen LogP contribution in [-0.2, 0) is 4.79 Å². The molecule has 1 aromatic rings. The highest BCUT2D eigenvalue weighted by Crippen LogP contribution is 2.18. The number of thioether (sulfide) groups is 1. The summed E-state index contributed by atoms with van der Waals surface area (Å²) in [5.74, 6) is 0.308. The zero-order valence-electron chi connectivity index (χ0n) is 10.9. The molecule has 1 unspecified atom stereocenters. The third-order valence-corrected chi connectivity index (χ3v) is 3.70. The average Bonchev–Trinajstić information content (AvgIpc) is 2.45. The van der Waals surface area contributed by atoms with Crippen LogP contribution >= 0.6 is 11.8 Å². The number of rotatable bonds is 7. The van der Waals surface area contributed by atoms with Gasteiger partial charge >= 0.3 is 0 Å². The number of hydrogen-bond donors (Lipinski definition) is 2. The Labute approximate surface area is 117 Å². The fraction of sp³-hybridized carbons (Fsp3) is 0.429. The topological polar surface area (TPSA) is 73.1 Å². The molecular formula is C14H18N2O2S. The first kappa shape index (κ1) is 15.5. The van der Waals surface area contributed by atoms with Crippen molar-refractivity contribution in [2.45, 2.75) is 30.7 Å². The summed E-state index contributed by atoms with van der Waals surface area (Å²) >= 11 is 1.43. The number of benzene rings is 1. The van der Waals surface area contributed by atoms with Gasteiger partial charge in [-0.15, -0.1) is 11.8 Å². The third kappa shape index (κ3) is 5.77. The van der Waals surface area contributed by atoms with Gasteiger partial charge in [0.2, 0.25) is 5.91 Å². The lowest BCUT2D eigenvalue weighted by Gasteiger charge is -2.15. The molecule has 1 aromatic carbocycles. The lowest BCUT2D eigenvalue weighted by molar-refractivity contribution is -0.119. The standard InChI is InChI=1S/C14H18N2O2S/c1-2-12(7-8-17)16-14(18)10-19-13-5-3-11(9-15)4-6-13/h3-6,12,17H,2,7-8,10H2,1H3,(H,16,18). The molecule has 0 saturated heterocycles. The summed E-state index contributed by atoms with van der Waals surface area (Å²) in [4.78, 5) is 12.7. The van der Waals surface area contributed by atoms with E-state index >= 15 is 0 Å². The minimum absolute atomic E-state index is 0.0327. The van der Waals surface area contributed by atoms with Crippen molar-refractivity contribution >= 4 is 17.7 Å². The number of nitrogens with one attached hydrogen (secondary N) is 1. The number of hydrogen-bond acceptors (Lipinski definition) is 4. The summed E-state index contributed by atoms with van der Waals surface area (Å²) in [6.45, 7) is 2.07. The molecule has 1 amide bonds. The molecule has 0 heterocycles. The van der Waals surface area contributed by atoms with Gasteiger partial charge in [0.1, 0.15) is 0 Å². The molecule has 4 nitrogen and oxygen atoms in total. The Morgan fingerprint density at radius 3 is 2.68 bits per heavy atom. The molecule has 0 spiro atoms. The molecule has 0 fully saturated rings. The summed E-state index contributed by atoms with van der Waals surface area (Å²) in [7, 11) is 0. The van der Waals surface area contributed by atoms with Crippen LogP contribution in [0.5, 0.6) is 0 Å². The Morgan fingerprint density at radius 2 is 2.16 bits per heavy atom. The largest absolute Gasteiger partial charge is 0.396 e. The van der Waals surface area contributed by atoms with Gasteiger partial charge in [-0.3, -0.25) is 4.79 Å². The normalized spacial score (nSPS) is 11.6. The van der Waals surface area contributed by atoms with Crippen LogP contribution in [0.2, 0.25) is 0 Å². The Hall–Kier alpha value is -1.51. The maximum absolute atomic E-state index is 11.7. The number of carbonyl (C=O) groups is 1. The number of amides is 1. The molecule has 0 aromatic heterocycles. The molecule has 102 valence electrons. The minimum Gasteiger partial charge on any atom is -0.396 e. The van der Waals surface area contributed by atoms with Crippen molar-refractivity contribution in [2.24, 2.45) is 0 Å². The molecule has 0 aliphatic carbocycles. The second kappa shape index (κ2) is 8.57. The summed E-state index contributed by atoms with van der Waals surface area (Å²) in [5, 5.41) is 20.4. The van der Waals surface area contributed by atoms with E-state index in [1.165, 1.54) is 11.8 Å². The Balaban J connectivity index is 2.38. The molecule has 5 heteroatoms. The summed E-state index contributed by atoms with van der Waals surface area (Å²) in [6, 6.07) is 9.24. The predicted octanol–water partition coefficient (Wildman–Crippen LogP) is 1.93. The number of aliphatic hydroxyl groups excluding tert-OH is 1. The van der Waals surface area contributed by atoms with Crippen LogP contribution in [0.4, 0.5) is 0 Å². The monoisotopic (exact) mass is 278 g/mol. The molecular weight excluding hydrogens is 260 g/mol. The maximum atomic E-state index is 11.7. The fourth-order valence-corrected chi connectivity index (χ4v) is 2.29. The lowest BCUT2D eigenvalue weighted by Crippen LogP contribution is -2.36. The quantitative estimate of drug-likeness (QED) is 0.747. The van der Waals surface area contributed by atoms with Crippen molar-refractivity contribution in [1.29, 1.82) is 5.26 Å². The van der Waals surface area contributed by atoms with E-state index in [4.69, 9.17) is 10.4 Å². The van der Waals surface area contributed by atoms with E-state index in [0.717, 1.165) is 11.3 Å². The fourth-order valence-electron chi connectivity index (χ4n) is 1.58. The van der Waals surface area contributed by atoms with Gasteiger partial charge in [0.15, 0.2) is 0 Å². The van der Waals surface area contributed by atoms with Crippen LogP contribution in [-0.4, -0.2) is 29.4 Å². The highest BCUT2D eigenvalue weighted by Gasteiger charge is 2.09. The van der Waals surface area contributed by atoms with E-state index in [0.29, 0.717) is 17.7 Å². The molecule has 0 aliphatic heterocycles. The Bertz CT molecular complexity index is 440. The van der Waals surface area contributed by atoms with Gasteiger partial charge in [0.05, 0.1) is 17.4 Å². The molecule has 19 heavy (non-hydrogen) atoms. The molecule has 2 N–H and O–H groups in total. The van der Waals surface area contributed by atoms with Crippen LogP contribution in [0.25, 0.3) is 0 Å². The van der Waals surface area contributed by atoms with E-state index in [9.17, 15) is 4.79 Å². The first-order chi connectivity index (χ1) is 9.19. The van der Waals surface area contributed by atoms with Gasteiger partial charge in [-0.1, -0.05) is 6.92 Å². The molecule has 1 rings (SSSR count). The number of nitrogens with zero attached hydrogens (tertiary/aromatic N) is 1. The van der Waals surface area contributed by atoms with Gasteiger partial charge in [0, 0.05) is 17.5 Å². The molecule has 0 saturated carbocycles. The summed E-state index contributed by atoms with van der Waals surface area (Å²) in [6.07, 6.45) is 1.40. The zero-order valence-corrected chi connectivity index (χ0v) is 11.7. The minimum atomic E-state index is -0.0327. The predicted molar refractivity (Wildman–Crippen MR) is 75.8 cm³/mol. The van der Waals surface area contributed by atoms with Gasteiger partial charge in [-0.2, -0.15) is 5.26 Å². The highest BCUT2D eigenvalue weighted by molar-refractivity contribution is 8.00. The maximum Gasteiger partial charge on any atom is 0.230 e. The van der Waals surface area contributed by atoms with Crippen molar-refractivity contribution in [1.82, 2.24) is 5.32 Å². The second-order valence-electron chi connectivity index (χ2n) is 4.11. The van der Waals surface area contributed by atoms with E-state index in [2.05, 4.69) is 11.4 Å². The van der Waals surface area contributed by atoms with Crippen molar-refractivity contribution in [3.8, 4) is 6.07 Å². The van der Waals surface area contributed by atoms with Crippen LogP contribution in [0.15, 0.2) is 29.2 Å². The van der Waals surface area contributed by atoms with Crippen molar-refractivity contribution < 1.29 is 9.90 Å². The zero-order chi connectivity index (χ0) is 14.1. The number of nitriles is 1. The number of aliphatic hydroxyl groups is 1. The summed E-state index contributed by atoms with van der Waals surface area (Å²) in [5.41, 5.74) is 0.614. The summed E-state index contributed by atoms with van der Waals surface area (Å²) < 4.78 is 0. The van der Waals surface area contributed by atoms with Crippen LogP contribution in [0.1, 0.15) is 25.3 Å². The SMILES string of the molecule is CCC(CCO)NC(=O)CSc1ccc(C#N)cc1. The molecule has 0 aliphatic rings. The first-order valence-corrected chi connectivity index (χ1v) is 7.21. The van der Waals surface area contributed by atoms with Crippen LogP contribution < -0.4 is 5.32 Å². The molecule has 1 atom stereocenters. The first-order valence-electron chi connectivity index (χ1n) is 6.22. The third-order valence-electron chi connectivity index (χ3n) is 2.69. The van der Waals surface area contributed by atoms with Crippen molar-refractivity contribution in [2.75, 3.05) is 12.4 Å². The van der Waals surface area contributed by atoms with Crippen molar-refractivity contribution in [3.05, 3.63) is 29.8 Å². The van der Waals surface area contributed by atoms with Crippen molar-refractivity contribution in [3.63, 3.8) is 0 Å².